The van der Waals surface area contributed by atoms with Crippen molar-refractivity contribution in [2.75, 3.05) is 38.2 Å². The summed E-state index contributed by atoms with van der Waals surface area (Å²) in [4.78, 5) is 15.2. The van der Waals surface area contributed by atoms with Crippen LogP contribution in [-0.2, 0) is 11.3 Å². The molecule has 0 aliphatic carbocycles. The molecule has 2 heterocycles. The molecule has 0 bridgehead atoms. The fourth-order valence-electron chi connectivity index (χ4n) is 3.30. The first kappa shape index (κ1) is 18.2. The number of anilines is 1. The predicted octanol–water partition coefficient (Wildman–Crippen LogP) is 3.38. The lowest BCUT2D eigenvalue weighted by Crippen LogP contribution is -2.38. The van der Waals surface area contributed by atoms with Gasteiger partial charge in [0.2, 0.25) is 0 Å². The first-order valence-corrected chi connectivity index (χ1v) is 9.81. The molecule has 27 heavy (non-hydrogen) atoms. The molecule has 0 saturated carbocycles. The third-order valence-electron chi connectivity index (χ3n) is 4.74. The van der Waals surface area contributed by atoms with E-state index in [2.05, 4.69) is 31.2 Å². The molecule has 1 N–H and O–H groups in total. The number of nitrogens with zero attached hydrogens (tertiary/aromatic N) is 3. The van der Waals surface area contributed by atoms with Gasteiger partial charge >= 0.3 is 0 Å². The molecule has 0 unspecified atom stereocenters. The minimum atomic E-state index is -0.139. The molecule has 1 aromatic heterocycles. The highest BCUT2D eigenvalue weighted by molar-refractivity contribution is 9.10. The third kappa shape index (κ3) is 4.21. The molecule has 2 aromatic carbocycles. The van der Waals surface area contributed by atoms with Crippen molar-refractivity contribution < 1.29 is 9.53 Å². The summed E-state index contributed by atoms with van der Waals surface area (Å²) in [5.41, 5.74) is 1.34. The summed E-state index contributed by atoms with van der Waals surface area (Å²) in [6, 6.07) is 11.6. The molecule has 140 valence electrons. The van der Waals surface area contributed by atoms with Gasteiger partial charge in [-0.2, -0.15) is 5.10 Å². The molecule has 0 spiro atoms. The number of aromatic nitrogens is 2. The Hall–Kier alpha value is -2.22. The molecule has 1 aliphatic rings. The number of fused-ring (bicyclic) bond motifs is 1. The number of nitrogens with one attached hydrogen (secondary N) is 1. The number of carbonyl (C=O) groups excluding carboxylic acids is 1. The van der Waals surface area contributed by atoms with Crippen LogP contribution < -0.4 is 5.32 Å². The fourth-order valence-corrected chi connectivity index (χ4v) is 3.90. The van der Waals surface area contributed by atoms with Crippen LogP contribution in [0.15, 0.2) is 53.3 Å². The second kappa shape index (κ2) is 8.21. The molecular weight excluding hydrogens is 408 g/mol. The highest BCUT2D eigenvalue weighted by Crippen LogP contribution is 2.27. The quantitative estimate of drug-likeness (QED) is 0.676. The Morgan fingerprint density at radius 3 is 2.74 bits per heavy atom. The van der Waals surface area contributed by atoms with Gasteiger partial charge in [-0.15, -0.1) is 0 Å². The van der Waals surface area contributed by atoms with Gasteiger partial charge in [-0.05, 0) is 17.5 Å². The summed E-state index contributed by atoms with van der Waals surface area (Å²) in [7, 11) is 0. The Balaban J connectivity index is 1.44. The van der Waals surface area contributed by atoms with Crippen LogP contribution in [-0.4, -0.2) is 53.4 Å². The van der Waals surface area contributed by atoms with Gasteiger partial charge in [0.05, 0.1) is 31.6 Å². The molecule has 4 rings (SSSR count). The third-order valence-corrected chi connectivity index (χ3v) is 5.40. The summed E-state index contributed by atoms with van der Waals surface area (Å²) in [6.07, 6.45) is 3.57. The van der Waals surface area contributed by atoms with E-state index in [-0.39, 0.29) is 5.91 Å². The number of carbonyl (C=O) groups is 1. The van der Waals surface area contributed by atoms with Crippen molar-refractivity contribution in [2.45, 2.75) is 6.54 Å². The Morgan fingerprint density at radius 2 is 1.93 bits per heavy atom. The lowest BCUT2D eigenvalue weighted by Gasteiger charge is -2.26. The number of hydrogen-bond acceptors (Lipinski definition) is 4. The van der Waals surface area contributed by atoms with E-state index in [1.807, 2.05) is 47.3 Å². The van der Waals surface area contributed by atoms with Gasteiger partial charge in [0.1, 0.15) is 0 Å². The molecule has 3 aromatic rings. The summed E-state index contributed by atoms with van der Waals surface area (Å²) in [5.74, 6) is -0.139. The summed E-state index contributed by atoms with van der Waals surface area (Å²) >= 11 is 3.55. The van der Waals surface area contributed by atoms with Gasteiger partial charge in [-0.3, -0.25) is 14.4 Å². The largest absolute Gasteiger partial charge is 0.379 e. The van der Waals surface area contributed by atoms with Crippen molar-refractivity contribution in [3.05, 3.63) is 58.8 Å². The van der Waals surface area contributed by atoms with E-state index in [1.54, 1.807) is 6.20 Å². The Kier molecular flexibility index (Phi) is 5.52. The predicted molar refractivity (Wildman–Crippen MR) is 109 cm³/mol. The van der Waals surface area contributed by atoms with Gasteiger partial charge in [-0.1, -0.05) is 40.2 Å². The summed E-state index contributed by atoms with van der Waals surface area (Å²) in [5, 5.41) is 9.26. The van der Waals surface area contributed by atoms with E-state index in [1.165, 1.54) is 0 Å². The number of halogens is 1. The van der Waals surface area contributed by atoms with Crippen LogP contribution in [0.4, 0.5) is 5.69 Å². The van der Waals surface area contributed by atoms with Crippen LogP contribution in [0.2, 0.25) is 0 Å². The van der Waals surface area contributed by atoms with E-state index < -0.39 is 0 Å². The van der Waals surface area contributed by atoms with Crippen LogP contribution in [0.25, 0.3) is 10.8 Å². The van der Waals surface area contributed by atoms with Crippen LogP contribution in [0.3, 0.4) is 0 Å². The number of hydrogen-bond donors (Lipinski definition) is 1. The fraction of sp³-hybridized carbons (Fsp3) is 0.300. The second-order valence-corrected chi connectivity index (χ2v) is 7.40. The monoisotopic (exact) mass is 428 g/mol. The van der Waals surface area contributed by atoms with Gasteiger partial charge in [0.15, 0.2) is 0 Å². The van der Waals surface area contributed by atoms with Crippen molar-refractivity contribution in [2.24, 2.45) is 0 Å². The zero-order valence-electron chi connectivity index (χ0n) is 14.9. The Labute approximate surface area is 166 Å². The molecular formula is C20H21BrN4O2. The molecule has 1 aliphatic heterocycles. The van der Waals surface area contributed by atoms with Gasteiger partial charge in [-0.25, -0.2) is 0 Å². The minimum absolute atomic E-state index is 0.139. The lowest BCUT2D eigenvalue weighted by molar-refractivity contribution is 0.0360. The minimum Gasteiger partial charge on any atom is -0.379 e. The topological polar surface area (TPSA) is 59.4 Å². The van der Waals surface area contributed by atoms with E-state index in [4.69, 9.17) is 4.74 Å². The molecule has 1 amide bonds. The first-order chi connectivity index (χ1) is 13.2. The zero-order valence-corrected chi connectivity index (χ0v) is 16.5. The van der Waals surface area contributed by atoms with E-state index in [9.17, 15) is 4.79 Å². The summed E-state index contributed by atoms with van der Waals surface area (Å²) < 4.78 is 8.14. The molecule has 1 saturated heterocycles. The van der Waals surface area contributed by atoms with Gasteiger partial charge in [0, 0.05) is 41.3 Å². The normalized spacial score (nSPS) is 15.1. The number of morpholine rings is 1. The van der Waals surface area contributed by atoms with Crippen LogP contribution in [0, 0.1) is 0 Å². The maximum absolute atomic E-state index is 12.8. The molecule has 0 radical (unpaired) electrons. The number of benzene rings is 2. The number of ether oxygens (including phenoxy) is 1. The Morgan fingerprint density at radius 1 is 1.15 bits per heavy atom. The van der Waals surface area contributed by atoms with Crippen LogP contribution >= 0.6 is 15.9 Å². The standard InChI is InChI=1S/C20H21BrN4O2/c21-18-6-2-4-15-3-1-5-17(19(15)18)20(26)23-16-13-22-25(14-16)8-7-24-9-11-27-12-10-24/h1-6,13-14H,7-12H2,(H,23,26). The molecule has 6 nitrogen and oxygen atoms in total. The Bertz CT molecular complexity index is 945. The van der Waals surface area contributed by atoms with Crippen molar-refractivity contribution in [1.82, 2.24) is 14.7 Å². The number of rotatable bonds is 5. The molecule has 7 heteroatoms. The molecule has 1 fully saturated rings. The van der Waals surface area contributed by atoms with Gasteiger partial charge < -0.3 is 10.1 Å². The summed E-state index contributed by atoms with van der Waals surface area (Å²) in [6.45, 7) is 5.22. The highest BCUT2D eigenvalue weighted by Gasteiger charge is 2.14. The number of amides is 1. The smallest absolute Gasteiger partial charge is 0.256 e. The van der Waals surface area contributed by atoms with Crippen molar-refractivity contribution >= 4 is 38.3 Å². The van der Waals surface area contributed by atoms with E-state index >= 15 is 0 Å². The zero-order chi connectivity index (χ0) is 18.6. The van der Waals surface area contributed by atoms with Crippen molar-refractivity contribution in [1.29, 1.82) is 0 Å². The average Bonchev–Trinajstić information content (AvgIpc) is 3.14. The first-order valence-electron chi connectivity index (χ1n) is 9.02. The average molecular weight is 429 g/mol. The van der Waals surface area contributed by atoms with E-state index in [0.717, 1.165) is 54.6 Å². The maximum Gasteiger partial charge on any atom is 0.256 e. The van der Waals surface area contributed by atoms with E-state index in [0.29, 0.717) is 11.3 Å². The SMILES string of the molecule is O=C(Nc1cnn(CCN2CCOCC2)c1)c1cccc2cccc(Br)c12. The second-order valence-electron chi connectivity index (χ2n) is 6.54. The highest BCUT2D eigenvalue weighted by atomic mass is 79.9. The lowest BCUT2D eigenvalue weighted by atomic mass is 10.0. The van der Waals surface area contributed by atoms with Gasteiger partial charge in [0.25, 0.3) is 5.91 Å². The molecule has 0 atom stereocenters. The van der Waals surface area contributed by atoms with Crippen molar-refractivity contribution in [3.8, 4) is 0 Å². The maximum atomic E-state index is 12.8. The van der Waals surface area contributed by atoms with Crippen LogP contribution in [0.1, 0.15) is 10.4 Å². The van der Waals surface area contributed by atoms with Crippen molar-refractivity contribution in [3.63, 3.8) is 0 Å². The van der Waals surface area contributed by atoms with Crippen LogP contribution in [0.5, 0.6) is 0 Å².